The Balaban J connectivity index is 2.37. The van der Waals surface area contributed by atoms with E-state index in [-0.39, 0.29) is 0 Å². The van der Waals surface area contributed by atoms with Crippen molar-refractivity contribution in [2.75, 3.05) is 6.54 Å². The molecule has 0 amide bonds. The number of hydrogen-bond donors (Lipinski definition) is 2. The Morgan fingerprint density at radius 1 is 1.57 bits per heavy atom. The van der Waals surface area contributed by atoms with Crippen LogP contribution in [0.4, 0.5) is 0 Å². The van der Waals surface area contributed by atoms with Crippen LogP contribution in [0.15, 0.2) is 0 Å². The number of nitriles is 1. The molecule has 0 heterocycles. The monoisotopic (exact) mass is 195 g/mol. The Hall–Kier alpha value is -0.590. The number of hydrogen-bond acceptors (Lipinski definition) is 3. The maximum Gasteiger partial charge on any atom is 0.0638 e. The summed E-state index contributed by atoms with van der Waals surface area (Å²) in [7, 11) is 0. The van der Waals surface area contributed by atoms with Gasteiger partial charge in [0.2, 0.25) is 0 Å². The van der Waals surface area contributed by atoms with E-state index in [9.17, 15) is 0 Å². The van der Waals surface area contributed by atoms with Crippen LogP contribution in [0.25, 0.3) is 0 Å². The number of nitrogens with two attached hydrogens (primary N) is 1. The van der Waals surface area contributed by atoms with E-state index < -0.39 is 0 Å². The van der Waals surface area contributed by atoms with Gasteiger partial charge < -0.3 is 11.1 Å². The minimum absolute atomic E-state index is 0.358. The molecular weight excluding hydrogens is 174 g/mol. The molecule has 0 bridgehead atoms. The maximum absolute atomic E-state index is 8.65. The normalized spacial score (nSPS) is 28.6. The van der Waals surface area contributed by atoms with Gasteiger partial charge >= 0.3 is 0 Å². The molecule has 1 rings (SSSR count). The quantitative estimate of drug-likeness (QED) is 0.697. The van der Waals surface area contributed by atoms with Gasteiger partial charge in [-0.2, -0.15) is 5.26 Å². The summed E-state index contributed by atoms with van der Waals surface area (Å²) in [5, 5.41) is 12.2. The SMILES string of the molecule is CCC(CC#N)NC1CCCC1CN. The van der Waals surface area contributed by atoms with E-state index >= 15 is 0 Å². The molecule has 3 N–H and O–H groups in total. The summed E-state index contributed by atoms with van der Waals surface area (Å²) in [6.45, 7) is 2.90. The van der Waals surface area contributed by atoms with Gasteiger partial charge in [-0.05, 0) is 31.7 Å². The standard InChI is InChI=1S/C11H21N3/c1-2-10(6-7-12)14-11-5-3-4-9(11)8-13/h9-11,14H,2-6,8,13H2,1H3. The second kappa shape index (κ2) is 6.00. The summed E-state index contributed by atoms with van der Waals surface area (Å²) in [4.78, 5) is 0. The first-order valence-corrected chi connectivity index (χ1v) is 5.64. The largest absolute Gasteiger partial charge is 0.330 e. The zero-order valence-corrected chi connectivity index (χ0v) is 9.00. The topological polar surface area (TPSA) is 61.8 Å². The highest BCUT2D eigenvalue weighted by Crippen LogP contribution is 2.25. The molecule has 3 nitrogen and oxygen atoms in total. The molecule has 1 saturated carbocycles. The number of rotatable bonds is 5. The van der Waals surface area contributed by atoms with Crippen LogP contribution >= 0.6 is 0 Å². The van der Waals surface area contributed by atoms with Gasteiger partial charge in [0.15, 0.2) is 0 Å². The van der Waals surface area contributed by atoms with Gasteiger partial charge in [-0.15, -0.1) is 0 Å². The molecule has 0 radical (unpaired) electrons. The second-order valence-corrected chi connectivity index (χ2v) is 4.17. The third-order valence-electron chi connectivity index (χ3n) is 3.24. The predicted molar refractivity (Wildman–Crippen MR) is 57.6 cm³/mol. The predicted octanol–water partition coefficient (Wildman–Crippen LogP) is 1.40. The fraction of sp³-hybridized carbons (Fsp3) is 0.909. The summed E-state index contributed by atoms with van der Waals surface area (Å²) in [6, 6.07) is 3.14. The first kappa shape index (κ1) is 11.5. The molecule has 3 unspecified atom stereocenters. The molecule has 3 heteroatoms. The minimum Gasteiger partial charge on any atom is -0.330 e. The number of nitrogens with zero attached hydrogens (tertiary/aromatic N) is 1. The van der Waals surface area contributed by atoms with Gasteiger partial charge in [-0.25, -0.2) is 0 Å². The molecule has 0 aromatic carbocycles. The Morgan fingerprint density at radius 2 is 2.36 bits per heavy atom. The molecule has 1 aliphatic carbocycles. The summed E-state index contributed by atoms with van der Waals surface area (Å²) in [6.07, 6.45) is 5.40. The highest BCUT2D eigenvalue weighted by Gasteiger charge is 2.27. The molecule has 80 valence electrons. The number of nitrogens with one attached hydrogen (secondary N) is 1. The third kappa shape index (κ3) is 2.97. The van der Waals surface area contributed by atoms with Crippen LogP contribution in [0.5, 0.6) is 0 Å². The molecule has 1 fully saturated rings. The van der Waals surface area contributed by atoms with E-state index in [0.717, 1.165) is 13.0 Å². The molecule has 0 saturated heterocycles. The fourth-order valence-corrected chi connectivity index (χ4v) is 2.27. The van der Waals surface area contributed by atoms with Crippen LogP contribution in [-0.4, -0.2) is 18.6 Å². The summed E-state index contributed by atoms with van der Waals surface area (Å²) in [5.41, 5.74) is 5.71. The molecule has 3 atom stereocenters. The van der Waals surface area contributed by atoms with Gasteiger partial charge in [-0.1, -0.05) is 13.3 Å². The van der Waals surface area contributed by atoms with Gasteiger partial charge in [0.25, 0.3) is 0 Å². The lowest BCUT2D eigenvalue weighted by molar-refractivity contribution is 0.355. The molecule has 0 aromatic heterocycles. The molecule has 14 heavy (non-hydrogen) atoms. The molecule has 0 aliphatic heterocycles. The van der Waals surface area contributed by atoms with Crippen molar-refractivity contribution < 1.29 is 0 Å². The van der Waals surface area contributed by atoms with Crippen molar-refractivity contribution in [1.29, 1.82) is 5.26 Å². The van der Waals surface area contributed by atoms with Gasteiger partial charge in [-0.3, -0.25) is 0 Å². The third-order valence-corrected chi connectivity index (χ3v) is 3.24. The van der Waals surface area contributed by atoms with Crippen LogP contribution in [-0.2, 0) is 0 Å². The highest BCUT2D eigenvalue weighted by atomic mass is 15.0. The van der Waals surface area contributed by atoms with E-state index in [1.165, 1.54) is 19.3 Å². The molecule has 0 aromatic rings. The minimum atomic E-state index is 0.358. The summed E-state index contributed by atoms with van der Waals surface area (Å²) < 4.78 is 0. The zero-order valence-electron chi connectivity index (χ0n) is 9.00. The lowest BCUT2D eigenvalue weighted by atomic mass is 10.0. The Bertz CT molecular complexity index is 197. The van der Waals surface area contributed by atoms with Crippen LogP contribution in [0.3, 0.4) is 0 Å². The van der Waals surface area contributed by atoms with Crippen molar-refractivity contribution >= 4 is 0 Å². The average Bonchev–Trinajstić information content (AvgIpc) is 2.64. The summed E-state index contributed by atoms with van der Waals surface area (Å²) >= 11 is 0. The van der Waals surface area contributed by atoms with E-state index in [2.05, 4.69) is 18.3 Å². The molecule has 0 spiro atoms. The van der Waals surface area contributed by atoms with Crippen LogP contribution < -0.4 is 11.1 Å². The lowest BCUT2D eigenvalue weighted by Gasteiger charge is -2.24. The zero-order chi connectivity index (χ0) is 10.4. The van der Waals surface area contributed by atoms with Gasteiger partial charge in [0, 0.05) is 12.1 Å². The van der Waals surface area contributed by atoms with Crippen molar-refractivity contribution in [1.82, 2.24) is 5.32 Å². The van der Waals surface area contributed by atoms with E-state index in [4.69, 9.17) is 11.0 Å². The summed E-state index contributed by atoms with van der Waals surface area (Å²) in [5.74, 6) is 0.628. The smallest absolute Gasteiger partial charge is 0.0638 e. The Morgan fingerprint density at radius 3 is 2.93 bits per heavy atom. The average molecular weight is 195 g/mol. The van der Waals surface area contributed by atoms with Crippen LogP contribution in [0.1, 0.15) is 39.0 Å². The lowest BCUT2D eigenvalue weighted by Crippen LogP contribution is -2.42. The molecule has 1 aliphatic rings. The Kier molecular flexibility index (Phi) is 4.92. The molecular formula is C11H21N3. The fourth-order valence-electron chi connectivity index (χ4n) is 2.27. The van der Waals surface area contributed by atoms with Crippen LogP contribution in [0.2, 0.25) is 0 Å². The second-order valence-electron chi connectivity index (χ2n) is 4.17. The van der Waals surface area contributed by atoms with Crippen molar-refractivity contribution in [3.05, 3.63) is 0 Å². The first-order chi connectivity index (χ1) is 6.81. The van der Waals surface area contributed by atoms with Gasteiger partial charge in [0.1, 0.15) is 0 Å². The first-order valence-electron chi connectivity index (χ1n) is 5.64. The Labute approximate surface area is 86.7 Å². The van der Waals surface area contributed by atoms with E-state index in [1.54, 1.807) is 0 Å². The van der Waals surface area contributed by atoms with Crippen molar-refractivity contribution in [3.63, 3.8) is 0 Å². The maximum atomic E-state index is 8.65. The van der Waals surface area contributed by atoms with E-state index in [0.29, 0.717) is 24.4 Å². The van der Waals surface area contributed by atoms with Crippen molar-refractivity contribution in [2.24, 2.45) is 11.7 Å². The van der Waals surface area contributed by atoms with Crippen molar-refractivity contribution in [3.8, 4) is 6.07 Å². The van der Waals surface area contributed by atoms with Gasteiger partial charge in [0.05, 0.1) is 12.5 Å². The van der Waals surface area contributed by atoms with E-state index in [1.807, 2.05) is 0 Å². The van der Waals surface area contributed by atoms with Crippen LogP contribution in [0, 0.1) is 17.2 Å². The highest BCUT2D eigenvalue weighted by molar-refractivity contribution is 4.88. The van der Waals surface area contributed by atoms with Crippen molar-refractivity contribution in [2.45, 2.75) is 51.1 Å².